The highest BCUT2D eigenvalue weighted by atomic mass is 127. The van der Waals surface area contributed by atoms with Crippen molar-refractivity contribution in [2.75, 3.05) is 37.7 Å². The van der Waals surface area contributed by atoms with E-state index in [9.17, 15) is 8.42 Å². The molecule has 1 unspecified atom stereocenters. The summed E-state index contributed by atoms with van der Waals surface area (Å²) in [7, 11) is -2.80. The summed E-state index contributed by atoms with van der Waals surface area (Å²) in [4.78, 5) is 6.93. The predicted octanol–water partition coefficient (Wildman–Crippen LogP) is 1.66. The Morgan fingerprint density at radius 2 is 2.05 bits per heavy atom. The van der Waals surface area contributed by atoms with Crippen molar-refractivity contribution in [1.82, 2.24) is 10.2 Å². The number of nitrogens with one attached hydrogen (secondary N) is 1. The van der Waals surface area contributed by atoms with Gasteiger partial charge in [-0.15, -0.1) is 30.6 Å². The van der Waals surface area contributed by atoms with Crippen LogP contribution in [0, 0.1) is 5.92 Å². The number of aliphatic imine (C=N–C) groups is 1. The molecule has 0 saturated carbocycles. The van der Waals surface area contributed by atoms with Gasteiger partial charge in [0.15, 0.2) is 15.8 Å². The van der Waals surface area contributed by atoms with E-state index in [0.29, 0.717) is 24.6 Å². The predicted molar refractivity (Wildman–Crippen MR) is 98.1 cm³/mol. The number of halogens is 1. The lowest BCUT2D eigenvalue weighted by Crippen LogP contribution is -2.44. The van der Waals surface area contributed by atoms with E-state index in [1.165, 1.54) is 19.3 Å². The minimum atomic E-state index is -2.80. The molecule has 0 bridgehead atoms. The van der Waals surface area contributed by atoms with Crippen molar-refractivity contribution in [3.63, 3.8) is 0 Å². The fourth-order valence-electron chi connectivity index (χ4n) is 2.77. The number of hydrogen-bond donors (Lipinski definition) is 1. The second-order valence-corrected chi connectivity index (χ2v) is 7.88. The molecule has 7 heteroatoms. The molecule has 0 spiro atoms. The van der Waals surface area contributed by atoms with Crippen molar-refractivity contribution in [3.05, 3.63) is 12.7 Å². The lowest BCUT2D eigenvalue weighted by atomic mass is 10.1. The molecule has 0 aromatic carbocycles. The number of nitrogens with zero attached hydrogens (tertiary/aromatic N) is 2. The van der Waals surface area contributed by atoms with Gasteiger partial charge in [-0.1, -0.05) is 6.08 Å². The molecule has 0 aromatic rings. The van der Waals surface area contributed by atoms with Gasteiger partial charge < -0.3 is 10.2 Å². The molecule has 2 aliphatic rings. The fraction of sp³-hybridized carbons (Fsp3) is 0.786. The molecule has 2 fully saturated rings. The van der Waals surface area contributed by atoms with Crippen molar-refractivity contribution in [2.24, 2.45) is 10.9 Å². The minimum absolute atomic E-state index is 0. The summed E-state index contributed by atoms with van der Waals surface area (Å²) in [6.07, 6.45) is 6.26. The molecule has 1 atom stereocenters. The van der Waals surface area contributed by atoms with Crippen LogP contribution in [0.25, 0.3) is 0 Å². The number of guanidine groups is 1. The third kappa shape index (κ3) is 6.14. The molecule has 122 valence electrons. The normalized spacial score (nSPS) is 25.2. The molecule has 2 aliphatic heterocycles. The molecule has 2 rings (SSSR count). The van der Waals surface area contributed by atoms with Gasteiger partial charge in [-0.05, 0) is 31.6 Å². The van der Waals surface area contributed by atoms with Gasteiger partial charge in [0.05, 0.1) is 11.5 Å². The second kappa shape index (κ2) is 8.97. The van der Waals surface area contributed by atoms with Crippen LogP contribution < -0.4 is 5.32 Å². The third-order valence-corrected chi connectivity index (χ3v) is 5.72. The summed E-state index contributed by atoms with van der Waals surface area (Å²) in [5.74, 6) is 1.72. The van der Waals surface area contributed by atoms with Gasteiger partial charge in [0.25, 0.3) is 0 Å². The van der Waals surface area contributed by atoms with E-state index < -0.39 is 9.84 Å². The molecule has 2 heterocycles. The largest absolute Gasteiger partial charge is 0.353 e. The molecule has 1 N–H and O–H groups in total. The zero-order valence-electron chi connectivity index (χ0n) is 12.5. The lowest BCUT2D eigenvalue weighted by Gasteiger charge is -2.30. The van der Waals surface area contributed by atoms with E-state index >= 15 is 0 Å². The highest BCUT2D eigenvalue weighted by Gasteiger charge is 2.27. The summed E-state index contributed by atoms with van der Waals surface area (Å²) >= 11 is 0. The van der Waals surface area contributed by atoms with Gasteiger partial charge >= 0.3 is 0 Å². The standard InChI is InChI=1S/C14H25N3O2S.HI/c1-2-7-15-14(17-8-4-3-5-9-17)16-11-13-6-10-20(18,19)12-13;/h2,13H,1,3-12H2,(H,15,16);1H. The van der Waals surface area contributed by atoms with Crippen LogP contribution in [0.3, 0.4) is 0 Å². The maximum Gasteiger partial charge on any atom is 0.194 e. The van der Waals surface area contributed by atoms with Crippen LogP contribution >= 0.6 is 24.0 Å². The number of piperidine rings is 1. The van der Waals surface area contributed by atoms with Crippen molar-refractivity contribution in [3.8, 4) is 0 Å². The van der Waals surface area contributed by atoms with Crippen molar-refractivity contribution >= 4 is 39.8 Å². The molecular weight excluding hydrogens is 401 g/mol. The first-order valence-electron chi connectivity index (χ1n) is 7.45. The number of likely N-dealkylation sites (tertiary alicyclic amines) is 1. The van der Waals surface area contributed by atoms with E-state index in [2.05, 4.69) is 21.8 Å². The highest BCUT2D eigenvalue weighted by Crippen LogP contribution is 2.18. The quantitative estimate of drug-likeness (QED) is 0.321. The number of rotatable bonds is 4. The van der Waals surface area contributed by atoms with E-state index in [1.807, 2.05) is 6.08 Å². The Morgan fingerprint density at radius 1 is 1.33 bits per heavy atom. The smallest absolute Gasteiger partial charge is 0.194 e. The van der Waals surface area contributed by atoms with E-state index in [0.717, 1.165) is 25.5 Å². The molecule has 0 amide bonds. The number of sulfone groups is 1. The summed E-state index contributed by atoms with van der Waals surface area (Å²) in [5.41, 5.74) is 0. The first kappa shape index (κ1) is 18.7. The molecular formula is C14H26IN3O2S. The minimum Gasteiger partial charge on any atom is -0.353 e. The Kier molecular flexibility index (Phi) is 8.00. The lowest BCUT2D eigenvalue weighted by molar-refractivity contribution is 0.331. The zero-order chi connectivity index (χ0) is 14.4. The van der Waals surface area contributed by atoms with Gasteiger partial charge in [-0.3, -0.25) is 4.99 Å². The Bertz CT molecular complexity index is 459. The summed E-state index contributed by atoms with van der Waals surface area (Å²) < 4.78 is 22.9. The van der Waals surface area contributed by atoms with Crippen LogP contribution in [0.1, 0.15) is 25.7 Å². The summed E-state index contributed by atoms with van der Waals surface area (Å²) in [6.45, 7) is 7.09. The summed E-state index contributed by atoms with van der Waals surface area (Å²) in [5, 5.41) is 3.29. The van der Waals surface area contributed by atoms with E-state index in [-0.39, 0.29) is 29.9 Å². The SMILES string of the molecule is C=CCNC(=NCC1CCS(=O)(=O)C1)N1CCCCC1.I. The molecule has 2 saturated heterocycles. The Morgan fingerprint density at radius 3 is 2.62 bits per heavy atom. The molecule has 0 aromatic heterocycles. The van der Waals surface area contributed by atoms with Crippen molar-refractivity contribution in [2.45, 2.75) is 25.7 Å². The fourth-order valence-corrected chi connectivity index (χ4v) is 4.62. The highest BCUT2D eigenvalue weighted by molar-refractivity contribution is 14.0. The van der Waals surface area contributed by atoms with Crippen LogP contribution in [0.2, 0.25) is 0 Å². The van der Waals surface area contributed by atoms with Crippen LogP contribution in [0.5, 0.6) is 0 Å². The van der Waals surface area contributed by atoms with Gasteiger partial charge in [0.1, 0.15) is 0 Å². The first-order chi connectivity index (χ1) is 9.61. The molecule has 0 aliphatic carbocycles. The Balaban J connectivity index is 0.00000220. The molecule has 5 nitrogen and oxygen atoms in total. The summed E-state index contributed by atoms with van der Waals surface area (Å²) in [6, 6.07) is 0. The van der Waals surface area contributed by atoms with E-state index in [4.69, 9.17) is 0 Å². The monoisotopic (exact) mass is 427 g/mol. The average Bonchev–Trinajstić information content (AvgIpc) is 2.79. The maximum absolute atomic E-state index is 11.5. The van der Waals surface area contributed by atoms with Gasteiger partial charge in [-0.2, -0.15) is 0 Å². The zero-order valence-corrected chi connectivity index (χ0v) is 15.6. The van der Waals surface area contributed by atoms with Crippen molar-refractivity contribution < 1.29 is 8.42 Å². The average molecular weight is 427 g/mol. The molecule has 0 radical (unpaired) electrons. The number of hydrogen-bond acceptors (Lipinski definition) is 3. The van der Waals surface area contributed by atoms with Crippen LogP contribution in [-0.2, 0) is 9.84 Å². The van der Waals surface area contributed by atoms with Crippen LogP contribution in [-0.4, -0.2) is 57.0 Å². The van der Waals surface area contributed by atoms with Crippen molar-refractivity contribution in [1.29, 1.82) is 0 Å². The van der Waals surface area contributed by atoms with Crippen LogP contribution in [0.15, 0.2) is 17.6 Å². The van der Waals surface area contributed by atoms with Crippen LogP contribution in [0.4, 0.5) is 0 Å². The molecule has 21 heavy (non-hydrogen) atoms. The maximum atomic E-state index is 11.5. The Hall–Kier alpha value is -0.310. The van der Waals surface area contributed by atoms with Gasteiger partial charge in [0.2, 0.25) is 0 Å². The van der Waals surface area contributed by atoms with Gasteiger partial charge in [0, 0.05) is 26.2 Å². The topological polar surface area (TPSA) is 61.8 Å². The Labute approximate surface area is 145 Å². The second-order valence-electron chi connectivity index (χ2n) is 5.65. The van der Waals surface area contributed by atoms with E-state index in [1.54, 1.807) is 0 Å². The van der Waals surface area contributed by atoms with Gasteiger partial charge in [-0.25, -0.2) is 8.42 Å². The first-order valence-corrected chi connectivity index (χ1v) is 9.27. The third-order valence-electron chi connectivity index (χ3n) is 3.89.